The van der Waals surface area contributed by atoms with E-state index in [2.05, 4.69) is 13.8 Å². The van der Waals surface area contributed by atoms with E-state index < -0.39 is 6.51 Å². The average Bonchev–Trinajstić information content (AvgIpc) is 3.21. The SMILES string of the molecule is CCCC[C]12[CH]3[CH]4[CH]5[C]1(C)[Fe]45321678[CH]2[CH]1[CH]6[CH]7[CH]28. The third kappa shape index (κ3) is 0.0491. The van der Waals surface area contributed by atoms with Crippen LogP contribution in [-0.2, 0) is 6.51 Å². The molecule has 0 bridgehead atoms. The summed E-state index contributed by atoms with van der Waals surface area (Å²) in [6, 6.07) is 0. The minimum absolute atomic E-state index is 1.14. The summed E-state index contributed by atoms with van der Waals surface area (Å²) in [5, 5.41) is 0. The Labute approximate surface area is 86.8 Å². The molecule has 0 aromatic heterocycles. The predicted molar refractivity (Wildman–Crippen MR) is 60.6 cm³/mol. The maximum atomic E-state index is 2.89. The number of fused-ring (bicyclic) bond motifs is 10. The first-order valence-corrected chi connectivity index (χ1v) is 13.9. The molecule has 1 heteroatoms. The zero-order chi connectivity index (χ0) is 10.1. The molecule has 0 saturated carbocycles. The van der Waals surface area contributed by atoms with Crippen molar-refractivity contribution in [1.29, 1.82) is 0 Å². The Kier molecular flexibility index (Phi) is 0.175. The van der Waals surface area contributed by atoms with Gasteiger partial charge in [-0.25, -0.2) is 0 Å². The van der Waals surface area contributed by atoms with E-state index in [4.69, 9.17) is 0 Å². The van der Waals surface area contributed by atoms with Gasteiger partial charge >= 0.3 is 86.8 Å². The molecule has 0 N–H and O–H groups in total. The number of rotatable bonds is 3. The van der Waals surface area contributed by atoms with Crippen LogP contribution in [0.4, 0.5) is 0 Å². The van der Waals surface area contributed by atoms with Gasteiger partial charge in [0.25, 0.3) is 0 Å². The third-order valence-electron chi connectivity index (χ3n) is 16.9. The van der Waals surface area contributed by atoms with Crippen LogP contribution in [0.1, 0.15) is 33.1 Å². The molecule has 10 heterocycles. The van der Waals surface area contributed by atoms with Crippen LogP contribution in [0.15, 0.2) is 0 Å². The fourth-order valence-electron chi connectivity index (χ4n) is 19.3. The second-order valence-electron chi connectivity index (χ2n) is 11.4. The molecule has 88 valence electrons. The summed E-state index contributed by atoms with van der Waals surface area (Å²) < 4.78 is 2.32. The van der Waals surface area contributed by atoms with Gasteiger partial charge in [-0.1, -0.05) is 0 Å². The predicted octanol–water partition coefficient (Wildman–Crippen LogP) is 5.33. The van der Waals surface area contributed by atoms with Crippen molar-refractivity contribution in [2.75, 3.05) is 0 Å². The number of hydrogen-bond donors (Lipinski definition) is 0. The van der Waals surface area contributed by atoms with Gasteiger partial charge in [0.1, 0.15) is 0 Å². The van der Waals surface area contributed by atoms with Crippen LogP contribution in [0, 0.1) is 0 Å². The molecular weight excluding hydrogens is 236 g/mol. The first-order chi connectivity index (χ1) is 7.50. The fourth-order valence-corrected chi connectivity index (χ4v) is 97.7. The summed E-state index contributed by atoms with van der Waals surface area (Å²) >= 11 is 0. The summed E-state index contributed by atoms with van der Waals surface area (Å²) in [5.74, 6) is 0. The van der Waals surface area contributed by atoms with Crippen LogP contribution in [-0.4, -0.2) is 0 Å². The van der Waals surface area contributed by atoms with Gasteiger partial charge in [0.15, 0.2) is 0 Å². The molecule has 16 heavy (non-hydrogen) atoms. The molecule has 10 aliphatic heterocycles. The third-order valence-corrected chi connectivity index (χ3v) is 61.7. The molecule has 10 saturated heterocycles. The molecule has 5 atom stereocenters. The zero-order valence-corrected chi connectivity index (χ0v) is 11.2. The van der Waals surface area contributed by atoms with Gasteiger partial charge in [-0.3, -0.25) is 0 Å². The van der Waals surface area contributed by atoms with Crippen molar-refractivity contribution >= 4 is 0 Å². The van der Waals surface area contributed by atoms with Gasteiger partial charge in [-0.15, -0.1) is 0 Å². The van der Waals surface area contributed by atoms with E-state index in [0.29, 0.717) is 0 Å². The second-order valence-corrected chi connectivity index (χ2v) is 35.0. The average molecular weight is 256 g/mol. The van der Waals surface area contributed by atoms with Crippen molar-refractivity contribution in [3.63, 3.8) is 0 Å². The molecule has 0 nitrogen and oxygen atoms in total. The summed E-state index contributed by atoms with van der Waals surface area (Å²) in [6.07, 6.45) is 4.83. The Bertz CT molecular complexity index is 914. The molecule has 1 spiro atoms. The van der Waals surface area contributed by atoms with Crippen LogP contribution in [0.3, 0.4) is 0 Å². The number of unbranched alkanes of at least 4 members (excludes halogenated alkanes) is 1. The Hall–Kier alpha value is 0.519. The summed E-state index contributed by atoms with van der Waals surface area (Å²) in [7, 11) is 0. The van der Waals surface area contributed by atoms with Crippen molar-refractivity contribution in [3.8, 4) is 0 Å². The van der Waals surface area contributed by atoms with Crippen molar-refractivity contribution in [1.82, 2.24) is 0 Å². The van der Waals surface area contributed by atoms with Gasteiger partial charge in [-0.2, -0.15) is 0 Å². The van der Waals surface area contributed by atoms with Gasteiger partial charge in [0.05, 0.1) is 0 Å². The molecule has 10 aliphatic rings. The van der Waals surface area contributed by atoms with E-state index in [9.17, 15) is 0 Å². The first-order valence-electron chi connectivity index (χ1n) is 7.71. The van der Waals surface area contributed by atoms with Crippen molar-refractivity contribution in [3.05, 3.63) is 0 Å². The molecule has 0 aromatic carbocycles. The fraction of sp³-hybridized carbons (Fsp3) is 1.00. The van der Waals surface area contributed by atoms with E-state index in [1.165, 1.54) is 49.3 Å². The maximum absolute atomic E-state index is 2.89. The quantitative estimate of drug-likeness (QED) is 0.599. The van der Waals surface area contributed by atoms with E-state index in [0.717, 1.165) is 4.31 Å². The molecule has 10 rings (SSSR count). The summed E-state index contributed by atoms with van der Waals surface area (Å²) in [4.78, 5) is 12.2. The molecular formula is C15H20Fe. The molecule has 0 aromatic rings. The molecule has 10 fully saturated rings. The van der Waals surface area contributed by atoms with E-state index in [-0.39, 0.29) is 0 Å². The Morgan fingerprint density at radius 1 is 0.938 bits per heavy atom. The van der Waals surface area contributed by atoms with Gasteiger partial charge in [0, 0.05) is 0 Å². The van der Waals surface area contributed by atoms with Crippen LogP contribution in [0.25, 0.3) is 0 Å². The summed E-state index contributed by atoms with van der Waals surface area (Å²) in [5.41, 5.74) is 0. The van der Waals surface area contributed by atoms with E-state index in [1.54, 1.807) is 12.8 Å². The minimum atomic E-state index is -2.73. The number of hydrogen-bond acceptors (Lipinski definition) is 0. The van der Waals surface area contributed by atoms with Crippen LogP contribution >= 0.6 is 0 Å². The first kappa shape index (κ1) is 6.11. The zero-order valence-electron chi connectivity index (χ0n) is 10.1. The van der Waals surface area contributed by atoms with Crippen LogP contribution in [0.2, 0.25) is 47.2 Å². The Balaban J connectivity index is 1.64. The van der Waals surface area contributed by atoms with E-state index >= 15 is 0 Å². The van der Waals surface area contributed by atoms with Gasteiger partial charge in [0.2, 0.25) is 0 Å². The Morgan fingerprint density at radius 2 is 1.56 bits per heavy atom. The van der Waals surface area contributed by atoms with Crippen molar-refractivity contribution < 1.29 is 6.51 Å². The monoisotopic (exact) mass is 256 g/mol. The van der Waals surface area contributed by atoms with Gasteiger partial charge in [-0.05, 0) is 0 Å². The molecule has 5 unspecified atom stereocenters. The summed E-state index contributed by atoms with van der Waals surface area (Å²) in [6.45, 7) is 2.58. The molecule has 0 aliphatic carbocycles. The molecule has 0 amide bonds. The molecule has 0 radical (unpaired) electrons. The van der Waals surface area contributed by atoms with Gasteiger partial charge < -0.3 is 0 Å². The van der Waals surface area contributed by atoms with Crippen LogP contribution in [0.5, 0.6) is 0 Å². The second kappa shape index (κ2) is 0.458. The van der Waals surface area contributed by atoms with Crippen LogP contribution < -0.4 is 0 Å². The van der Waals surface area contributed by atoms with E-state index in [1.807, 2.05) is 0 Å². The standard InChI is InChI=1S/C10H15.C5H5.Fe/c1-3-4-7-10-8-5-6-9(10)2;1-2-4-5-3-1;/h5-6,8H,3-4,7H2,1-2H3;1-5H;. The topological polar surface area (TPSA) is 0 Å². The Morgan fingerprint density at radius 3 is 1.81 bits per heavy atom. The normalized spacial score (nSPS) is 131. The van der Waals surface area contributed by atoms with Crippen molar-refractivity contribution in [2.45, 2.75) is 80.3 Å². The van der Waals surface area contributed by atoms with Crippen molar-refractivity contribution in [2.24, 2.45) is 0 Å².